The van der Waals surface area contributed by atoms with Gasteiger partial charge in [0.05, 0.1) is 17.1 Å². The maximum absolute atomic E-state index is 6.77. The van der Waals surface area contributed by atoms with Gasteiger partial charge in [-0.2, -0.15) is 5.10 Å². The molecule has 7 nitrogen and oxygen atoms in total. The van der Waals surface area contributed by atoms with Crippen molar-refractivity contribution in [2.24, 2.45) is 11.1 Å². The summed E-state index contributed by atoms with van der Waals surface area (Å²) in [6.07, 6.45) is 11.5. The van der Waals surface area contributed by atoms with Crippen LogP contribution in [-0.2, 0) is 12.8 Å². The van der Waals surface area contributed by atoms with E-state index in [-0.39, 0.29) is 23.9 Å². The maximum Gasteiger partial charge on any atom is 0.183 e. The van der Waals surface area contributed by atoms with E-state index >= 15 is 0 Å². The number of rotatable bonds is 2. The van der Waals surface area contributed by atoms with Crippen molar-refractivity contribution in [1.82, 2.24) is 25.1 Å². The maximum atomic E-state index is 6.77. The van der Waals surface area contributed by atoms with Crippen LogP contribution in [-0.4, -0.2) is 31.7 Å². The lowest BCUT2D eigenvalue weighted by atomic mass is 9.66. The highest BCUT2D eigenvalue weighted by Gasteiger charge is 2.46. The largest absolute Gasteiger partial charge is 0.323 e. The molecule has 1 atom stereocenters. The molecule has 180 valence electrons. The van der Waals surface area contributed by atoms with Crippen LogP contribution in [0.5, 0.6) is 0 Å². The molecule has 3 N–H and O–H groups in total. The monoisotopic (exact) mass is 487 g/mol. The van der Waals surface area contributed by atoms with Crippen LogP contribution in [0.4, 0.5) is 11.5 Å². The Balaban J connectivity index is 0.00000229. The van der Waals surface area contributed by atoms with Crippen molar-refractivity contribution in [2.45, 2.75) is 56.9 Å². The number of hydrogen-bond acceptors (Lipinski definition) is 6. The van der Waals surface area contributed by atoms with Gasteiger partial charge >= 0.3 is 0 Å². The minimum Gasteiger partial charge on any atom is -0.323 e. The number of nitrogens with zero attached hydrogens (tertiary/aromatic N) is 5. The van der Waals surface area contributed by atoms with E-state index in [0.717, 1.165) is 85.5 Å². The smallest absolute Gasteiger partial charge is 0.183 e. The molecule has 1 fully saturated rings. The fourth-order valence-corrected chi connectivity index (χ4v) is 6.59. The third kappa shape index (κ3) is 3.52. The second-order valence-corrected chi connectivity index (χ2v) is 10.3. The van der Waals surface area contributed by atoms with Gasteiger partial charge in [0.15, 0.2) is 17.0 Å². The summed E-state index contributed by atoms with van der Waals surface area (Å²) < 4.78 is 0. The highest BCUT2D eigenvalue weighted by atomic mass is 35.5. The number of hydrogen-bond donors (Lipinski definition) is 2. The molecule has 2 aliphatic carbocycles. The first kappa shape index (κ1) is 22.4. The van der Waals surface area contributed by atoms with Gasteiger partial charge in [0, 0.05) is 30.9 Å². The molecule has 0 radical (unpaired) electrons. The van der Waals surface area contributed by atoms with Crippen LogP contribution in [0.15, 0.2) is 48.8 Å². The average Bonchev–Trinajstić information content (AvgIpc) is 3.43. The Kier molecular flexibility index (Phi) is 5.49. The van der Waals surface area contributed by atoms with E-state index in [1.807, 2.05) is 18.5 Å². The number of H-pyrrole nitrogens is 1. The SMILES string of the molecule is Cl.N[C@@H]1c2ccccc2CC12CCC(c1cnc3c(N4CCCc5ncccc54)n[nH]c3n1)CC2. The normalized spacial score (nSPS) is 25.3. The fourth-order valence-electron chi connectivity index (χ4n) is 6.59. The Hall–Kier alpha value is -3.03. The van der Waals surface area contributed by atoms with Gasteiger partial charge in [-0.25, -0.2) is 9.97 Å². The Bertz CT molecular complexity index is 1370. The van der Waals surface area contributed by atoms with Crippen LogP contribution in [0.2, 0.25) is 0 Å². The third-order valence-corrected chi connectivity index (χ3v) is 8.47. The summed E-state index contributed by atoms with van der Waals surface area (Å²) in [5.74, 6) is 1.27. The Labute approximate surface area is 211 Å². The van der Waals surface area contributed by atoms with Crippen molar-refractivity contribution in [3.8, 4) is 0 Å². The molecule has 3 aliphatic rings. The Morgan fingerprint density at radius 2 is 1.91 bits per heavy atom. The first-order chi connectivity index (χ1) is 16.7. The number of anilines is 2. The van der Waals surface area contributed by atoms with Gasteiger partial charge in [0.25, 0.3) is 0 Å². The lowest BCUT2D eigenvalue weighted by molar-refractivity contribution is 0.148. The topological polar surface area (TPSA) is 96.6 Å². The highest BCUT2D eigenvalue weighted by molar-refractivity contribution is 5.87. The molecule has 0 saturated heterocycles. The van der Waals surface area contributed by atoms with Crippen molar-refractivity contribution >= 4 is 35.1 Å². The van der Waals surface area contributed by atoms with Crippen LogP contribution >= 0.6 is 12.4 Å². The molecule has 0 unspecified atom stereocenters. The Morgan fingerprint density at radius 3 is 2.77 bits per heavy atom. The summed E-state index contributed by atoms with van der Waals surface area (Å²) in [5.41, 5.74) is 14.7. The zero-order valence-corrected chi connectivity index (χ0v) is 20.5. The average molecular weight is 488 g/mol. The predicted octanol–water partition coefficient (Wildman–Crippen LogP) is 5.15. The predicted molar refractivity (Wildman–Crippen MR) is 139 cm³/mol. The molecule has 1 saturated carbocycles. The fraction of sp³-hybridized carbons (Fsp3) is 0.407. The quantitative estimate of drug-likeness (QED) is 0.405. The zero-order chi connectivity index (χ0) is 22.7. The number of benzene rings is 1. The molecular formula is C27H30ClN7. The van der Waals surface area contributed by atoms with Gasteiger partial charge in [-0.3, -0.25) is 10.1 Å². The van der Waals surface area contributed by atoms with Gasteiger partial charge in [0.1, 0.15) is 0 Å². The van der Waals surface area contributed by atoms with Gasteiger partial charge in [-0.05, 0) is 73.6 Å². The van der Waals surface area contributed by atoms with Crippen molar-refractivity contribution < 1.29 is 0 Å². The number of aryl methyl sites for hydroxylation is 1. The van der Waals surface area contributed by atoms with Gasteiger partial charge in [-0.15, -0.1) is 12.4 Å². The van der Waals surface area contributed by atoms with Crippen LogP contribution < -0.4 is 10.6 Å². The van der Waals surface area contributed by atoms with E-state index < -0.39 is 0 Å². The van der Waals surface area contributed by atoms with Gasteiger partial charge in [-0.1, -0.05) is 24.3 Å². The molecule has 4 heterocycles. The molecule has 4 aromatic rings. The number of aromatic amines is 1. The van der Waals surface area contributed by atoms with Crippen molar-refractivity contribution in [3.63, 3.8) is 0 Å². The molecule has 1 spiro atoms. The van der Waals surface area contributed by atoms with E-state index in [4.69, 9.17) is 15.7 Å². The number of nitrogens with one attached hydrogen (secondary N) is 1. The van der Waals surface area contributed by atoms with Crippen molar-refractivity contribution in [2.75, 3.05) is 11.4 Å². The standard InChI is InChI=1S/C27H29N7.ClH/c28-24-19-6-2-1-5-18(19)15-27(24)11-9-17(10-12-27)21-16-30-23-25(31-21)32-33-26(23)34-14-4-7-20-22(34)8-3-13-29-20;/h1-3,5-6,8,13,16-17,24H,4,7,9-12,14-15,28H2,(H,31,32,33);1H/t17?,24-,27?;/m1./s1. The third-order valence-electron chi connectivity index (χ3n) is 8.47. The summed E-state index contributed by atoms with van der Waals surface area (Å²) >= 11 is 0. The van der Waals surface area contributed by atoms with E-state index in [1.54, 1.807) is 0 Å². The van der Waals surface area contributed by atoms with Crippen LogP contribution in [0.1, 0.15) is 66.6 Å². The van der Waals surface area contributed by atoms with Crippen LogP contribution in [0.25, 0.3) is 11.2 Å². The van der Waals surface area contributed by atoms with Crippen molar-refractivity contribution in [3.05, 3.63) is 71.3 Å². The molecule has 3 aromatic heterocycles. The minimum absolute atomic E-state index is 0. The summed E-state index contributed by atoms with van der Waals surface area (Å²) in [5, 5.41) is 7.78. The number of pyridine rings is 1. The highest BCUT2D eigenvalue weighted by Crippen LogP contribution is 2.55. The molecule has 1 aromatic carbocycles. The van der Waals surface area contributed by atoms with Crippen molar-refractivity contribution in [1.29, 1.82) is 0 Å². The molecule has 1 aliphatic heterocycles. The van der Waals surface area contributed by atoms with Gasteiger partial charge < -0.3 is 10.6 Å². The summed E-state index contributed by atoms with van der Waals surface area (Å²) in [6.45, 7) is 0.912. The zero-order valence-electron chi connectivity index (χ0n) is 19.7. The number of fused-ring (bicyclic) bond motifs is 3. The summed E-state index contributed by atoms with van der Waals surface area (Å²) in [7, 11) is 0. The molecule has 0 amide bonds. The van der Waals surface area contributed by atoms with Crippen LogP contribution in [0, 0.1) is 5.41 Å². The molecule has 7 rings (SSSR count). The van der Waals surface area contributed by atoms with Crippen LogP contribution in [0.3, 0.4) is 0 Å². The van der Waals surface area contributed by atoms with Gasteiger partial charge in [0.2, 0.25) is 0 Å². The van der Waals surface area contributed by atoms with E-state index in [0.29, 0.717) is 5.92 Å². The second kappa shape index (κ2) is 8.57. The van der Waals surface area contributed by atoms with E-state index in [1.165, 1.54) is 11.1 Å². The molecule has 35 heavy (non-hydrogen) atoms. The van der Waals surface area contributed by atoms with E-state index in [9.17, 15) is 0 Å². The summed E-state index contributed by atoms with van der Waals surface area (Å²) in [4.78, 5) is 16.6. The second-order valence-electron chi connectivity index (χ2n) is 10.3. The lowest BCUT2D eigenvalue weighted by Crippen LogP contribution is -2.35. The lowest BCUT2D eigenvalue weighted by Gasteiger charge is -2.40. The first-order valence-corrected chi connectivity index (χ1v) is 12.5. The minimum atomic E-state index is 0. The van der Waals surface area contributed by atoms with E-state index in [2.05, 4.69) is 50.4 Å². The number of nitrogens with two attached hydrogens (primary N) is 1. The first-order valence-electron chi connectivity index (χ1n) is 12.5. The molecule has 0 bridgehead atoms. The molecule has 8 heteroatoms. The number of halogens is 1. The summed E-state index contributed by atoms with van der Waals surface area (Å²) in [6, 6.07) is 13.0. The number of aromatic nitrogens is 5. The Morgan fingerprint density at radius 1 is 1.06 bits per heavy atom. The molecular weight excluding hydrogens is 458 g/mol.